The van der Waals surface area contributed by atoms with Crippen LogP contribution in [0.3, 0.4) is 0 Å². The van der Waals surface area contributed by atoms with Gasteiger partial charge in [-0.2, -0.15) is 137 Å². The van der Waals surface area contributed by atoms with E-state index in [2.05, 4.69) is 41.2 Å². The van der Waals surface area contributed by atoms with E-state index in [9.17, 15) is 81.6 Å². The standard InChI is InChI=1S/C34H15F9N4.C34H15F3N6.C32H15F5N4/c1-16-4-6-17(7-5-16)26-24(31(46-2)47-3)13-23-28(26)29(33(38,39)40)22-12-21(19(14-44)15-45)25(27(22)30(23)34(41,42)43)18-8-10-20(11-9-18)32(35,36)37;1-18-4-6-19(7-5-18)30-26(33(42-2)43-3)13-25-28(17-41)31-24(27(16-40)32(25)30)12-23(21(14-38)15-39)29(31)20-8-10-22(11-9-20)34(35,36)37;1-16-4-6-17(7-5-16)26-24(31(40-2)41-3)13-23-28(26)29(33)22-12-21(19(14-38)15-39)25(27(22)30(23)34)18-8-10-20(11-9-18)32(35,36)37/h4-11H,12-13H2,1H3;4-11H,12-13H2,1H3;4-11H,12-13H2,1H3. The zero-order chi connectivity index (χ0) is 95.3. The first-order chi connectivity index (χ1) is 62.1. The largest absolute Gasteiger partial charge is 0.523 e. The minimum Gasteiger partial charge on any atom is -0.206 e. The molecule has 0 spiro atoms. The van der Waals surface area contributed by atoms with Gasteiger partial charge in [0, 0.05) is 57.7 Å². The van der Waals surface area contributed by atoms with Crippen LogP contribution >= 0.6 is 0 Å². The zero-order valence-corrected chi connectivity index (χ0v) is 67.3. The fourth-order valence-electron chi connectivity index (χ4n) is 17.2. The van der Waals surface area contributed by atoms with Crippen LogP contribution in [0.15, 0.2) is 213 Å². The molecule has 0 fully saturated rings. The van der Waals surface area contributed by atoms with E-state index in [0.717, 1.165) is 59.7 Å². The molecule has 0 saturated carbocycles. The van der Waals surface area contributed by atoms with Gasteiger partial charge in [-0.05, 0) is 186 Å². The number of halogens is 17. The Morgan fingerprint density at radius 3 is 0.702 bits per heavy atom. The maximum absolute atomic E-state index is 16.6. The van der Waals surface area contributed by atoms with Crippen molar-refractivity contribution < 1.29 is 74.6 Å². The molecular formula is C100H45F17N14. The summed E-state index contributed by atoms with van der Waals surface area (Å²) in [5.74, 6) is -3.00. The third kappa shape index (κ3) is 16.0. The van der Waals surface area contributed by atoms with Crippen LogP contribution in [0.5, 0.6) is 0 Å². The Kier molecular flexibility index (Phi) is 24.1. The highest BCUT2D eigenvalue weighted by molar-refractivity contribution is 5.95. The summed E-state index contributed by atoms with van der Waals surface area (Å²) in [6.45, 7) is 50.6. The first-order valence-electron chi connectivity index (χ1n) is 38.1. The van der Waals surface area contributed by atoms with Crippen molar-refractivity contribution in [3.8, 4) is 48.6 Å². The number of allylic oxidation sites excluding steroid dienone is 9. The van der Waals surface area contributed by atoms with E-state index in [1.165, 1.54) is 48.5 Å². The number of rotatable bonds is 6. The minimum absolute atomic E-state index is 0.00175. The number of nitrogens with zero attached hydrogens (tertiary/aromatic N) is 14. The first-order valence-corrected chi connectivity index (χ1v) is 38.1. The van der Waals surface area contributed by atoms with Crippen LogP contribution in [-0.2, 0) is 69.4 Å². The SMILES string of the molecule is [C-]#[N+]C([N+]#[C-])=C1Cc2c(C#N)c3c(c(C#N)c2=C1c1ccc(C)cc1)CC(=C(C#N)C#N)C=3c1ccc(C(F)(F)F)cc1.[C-]#[N+]C([N+]#[C-])=C1Cc2c(C(F)(F)F)c3c(c(C(F)(F)F)c2=C1c1ccc(C)cc1)CC(=C(C#N)C#N)C=3c1ccc(C(F)(F)F)cc1.[C-]#[N+]C([N+]#[C-])=C1Cc2c(F)c3c(c(F)c2=C1c1ccc(C)cc1)CC(=C(C#N)C#N)C=3c1ccc(C(F)(F)F)cc1. The molecule has 0 unspecified atom stereocenters. The summed E-state index contributed by atoms with van der Waals surface area (Å²) < 4.78 is 244. The number of benzene rings is 9. The van der Waals surface area contributed by atoms with Crippen molar-refractivity contribution in [1.82, 2.24) is 0 Å². The van der Waals surface area contributed by atoms with Crippen molar-refractivity contribution in [3.63, 3.8) is 0 Å². The molecule has 0 amide bonds. The van der Waals surface area contributed by atoms with Gasteiger partial charge in [0.25, 0.3) is 0 Å². The average molecular weight is 1770 g/mol. The molecule has 0 saturated heterocycles. The van der Waals surface area contributed by atoms with E-state index in [1.807, 2.05) is 38.1 Å². The summed E-state index contributed by atoms with van der Waals surface area (Å²) in [5.41, 5.74) is -5.45. The van der Waals surface area contributed by atoms with Crippen molar-refractivity contribution in [2.24, 2.45) is 0 Å². The fraction of sp³-hybridized carbons (Fsp3) is 0.140. The molecule has 9 aromatic rings. The number of fused-ring (bicyclic) bond motifs is 6. The highest BCUT2D eigenvalue weighted by Crippen LogP contribution is 2.48. The van der Waals surface area contributed by atoms with E-state index in [1.54, 1.807) is 55.5 Å². The second kappa shape index (κ2) is 34.7. The van der Waals surface area contributed by atoms with Gasteiger partial charge in [-0.25, -0.2) is 8.78 Å². The van der Waals surface area contributed by atoms with Gasteiger partial charge in [-0.3, -0.25) is 0 Å². The van der Waals surface area contributed by atoms with Crippen LogP contribution in [0.4, 0.5) is 74.6 Å². The molecule has 0 bridgehead atoms. The summed E-state index contributed by atoms with van der Waals surface area (Å²) in [6, 6.07) is 45.0. The van der Waals surface area contributed by atoms with E-state index in [4.69, 9.17) is 39.4 Å². The number of hydrogen-bond acceptors (Lipinski definition) is 8. The lowest BCUT2D eigenvalue weighted by molar-refractivity contribution is -0.143. The molecule has 6 aliphatic carbocycles. The molecule has 0 radical (unpaired) electrons. The van der Waals surface area contributed by atoms with Gasteiger partial charge in [0.1, 0.15) is 116 Å². The van der Waals surface area contributed by atoms with Gasteiger partial charge in [-0.1, -0.05) is 126 Å². The number of nitriles is 8. The topological polar surface area (TPSA) is 216 Å². The van der Waals surface area contributed by atoms with E-state index in [-0.39, 0.29) is 142 Å². The molecule has 131 heavy (non-hydrogen) atoms. The molecule has 0 atom stereocenters. The molecule has 0 N–H and O–H groups in total. The summed E-state index contributed by atoms with van der Waals surface area (Å²) in [5, 5.41) is 77.5. The van der Waals surface area contributed by atoms with Crippen molar-refractivity contribution in [1.29, 1.82) is 42.1 Å². The molecule has 0 aliphatic heterocycles. The molecule has 6 aliphatic rings. The maximum Gasteiger partial charge on any atom is 0.523 e. The summed E-state index contributed by atoms with van der Waals surface area (Å²) >= 11 is 0. The Bertz CT molecular complexity index is 7850. The van der Waals surface area contributed by atoms with E-state index < -0.39 is 138 Å². The van der Waals surface area contributed by atoms with Crippen LogP contribution in [0, 0.1) is 162 Å². The van der Waals surface area contributed by atoms with Gasteiger partial charge in [-0.15, -0.1) is 0 Å². The Morgan fingerprint density at radius 2 is 0.458 bits per heavy atom. The van der Waals surface area contributed by atoms with E-state index in [0.29, 0.717) is 56.3 Å². The fourth-order valence-corrected chi connectivity index (χ4v) is 17.2. The predicted molar refractivity (Wildman–Crippen MR) is 437 cm³/mol. The Balaban J connectivity index is 0.000000168. The number of hydrogen-bond donors (Lipinski definition) is 0. The van der Waals surface area contributed by atoms with Crippen molar-refractivity contribution in [2.45, 2.75) is 90.2 Å². The summed E-state index contributed by atoms with van der Waals surface area (Å²) in [7, 11) is 0. The predicted octanol–water partition coefficient (Wildman–Crippen LogP) is 19.8. The Labute approximate surface area is 732 Å². The number of alkyl halides is 15. The Morgan fingerprint density at radius 1 is 0.260 bits per heavy atom. The minimum atomic E-state index is -5.38. The summed E-state index contributed by atoms with van der Waals surface area (Å²) in [4.78, 5) is 19.6. The van der Waals surface area contributed by atoms with Crippen LogP contribution < -0.4 is 31.3 Å². The third-order valence-corrected chi connectivity index (χ3v) is 22.8. The third-order valence-electron chi connectivity index (χ3n) is 22.8. The van der Waals surface area contributed by atoms with Crippen LogP contribution in [0.2, 0.25) is 0 Å². The number of aryl methyl sites for hydroxylation is 3. The lowest BCUT2D eigenvalue weighted by atomic mass is 9.90. The van der Waals surface area contributed by atoms with Gasteiger partial charge < -0.3 is 0 Å². The molecule has 31 heteroatoms. The molecule has 14 nitrogen and oxygen atoms in total. The summed E-state index contributed by atoms with van der Waals surface area (Å²) in [6.07, 6.45) is -27.4. The average Bonchev–Trinajstić information content (AvgIpc) is 1.52. The Hall–Kier alpha value is -17.7. The van der Waals surface area contributed by atoms with Crippen LogP contribution in [0.25, 0.3) is 62.5 Å². The van der Waals surface area contributed by atoms with Gasteiger partial charge in [0.05, 0.1) is 55.7 Å². The molecule has 0 aromatic heterocycles. The molecule has 15 rings (SSSR count). The lowest BCUT2D eigenvalue weighted by Gasteiger charge is -2.19. The van der Waals surface area contributed by atoms with Crippen LogP contribution in [0.1, 0.15) is 122 Å². The normalized spacial score (nSPS) is 13.6. The second-order valence-corrected chi connectivity index (χ2v) is 29.9. The quantitative estimate of drug-likeness (QED) is 0.0884. The van der Waals surface area contributed by atoms with Crippen molar-refractivity contribution in [3.05, 3.63) is 447 Å². The van der Waals surface area contributed by atoms with Gasteiger partial charge in [0.2, 0.25) is 0 Å². The lowest BCUT2D eigenvalue weighted by Crippen LogP contribution is -2.36. The first kappa shape index (κ1) is 91.0. The van der Waals surface area contributed by atoms with E-state index >= 15 is 35.1 Å². The highest BCUT2D eigenvalue weighted by atomic mass is 19.4. The van der Waals surface area contributed by atoms with Crippen molar-refractivity contribution in [2.75, 3.05) is 0 Å². The van der Waals surface area contributed by atoms with Crippen LogP contribution in [-0.4, -0.2) is 0 Å². The maximum atomic E-state index is 16.6. The van der Waals surface area contributed by atoms with Gasteiger partial charge >= 0.3 is 48.3 Å². The molecular weight excluding hydrogens is 1720 g/mol. The molecule has 0 heterocycles. The smallest absolute Gasteiger partial charge is 0.206 e. The zero-order valence-electron chi connectivity index (χ0n) is 67.3. The van der Waals surface area contributed by atoms with Crippen molar-refractivity contribution >= 4 is 33.4 Å². The molecule has 634 valence electrons. The molecule has 9 aromatic carbocycles. The monoisotopic (exact) mass is 1760 g/mol. The second-order valence-electron chi connectivity index (χ2n) is 29.9. The highest BCUT2D eigenvalue weighted by Gasteiger charge is 2.50. The van der Waals surface area contributed by atoms with Gasteiger partial charge in [0.15, 0.2) is 0 Å².